The molecule has 3 nitrogen and oxygen atoms in total. The van der Waals surface area contributed by atoms with Gasteiger partial charge in [0.05, 0.1) is 11.1 Å². The van der Waals surface area contributed by atoms with Crippen LogP contribution in [0.3, 0.4) is 0 Å². The number of carbonyl (C=O) groups excluding carboxylic acids is 2. The molecule has 3 aromatic rings. The van der Waals surface area contributed by atoms with Crippen molar-refractivity contribution in [3.63, 3.8) is 0 Å². The fraction of sp³-hybridized carbons (Fsp3) is 0.167. The van der Waals surface area contributed by atoms with Crippen LogP contribution in [0, 0.1) is 0 Å². The normalized spacial score (nSPS) is 13.1. The summed E-state index contributed by atoms with van der Waals surface area (Å²) in [6, 6.07) is 8.44. The molecule has 0 saturated heterocycles. The van der Waals surface area contributed by atoms with Crippen molar-refractivity contribution in [2.75, 3.05) is 6.54 Å². The van der Waals surface area contributed by atoms with Gasteiger partial charge in [-0.2, -0.15) is 39.5 Å². The first kappa shape index (κ1) is 28.0. The molecule has 0 unspecified atom stereocenters. The molecule has 0 saturated carbocycles. The third-order valence-electron chi connectivity index (χ3n) is 5.00. The van der Waals surface area contributed by atoms with E-state index in [9.17, 15) is 49.1 Å². The molecule has 3 aromatic carbocycles. The topological polar surface area (TPSA) is 46.2 Å². The lowest BCUT2D eigenvalue weighted by atomic mass is 9.94. The van der Waals surface area contributed by atoms with E-state index in [2.05, 4.69) is 0 Å². The van der Waals surface area contributed by atoms with E-state index in [0.29, 0.717) is 12.1 Å². The maximum atomic E-state index is 13.8. The van der Waals surface area contributed by atoms with Crippen LogP contribution in [0.25, 0.3) is 16.3 Å². The number of carbonyl (C=O) groups is 2. The number of nitrogens with one attached hydrogen (secondary N) is 1. The lowest BCUT2D eigenvalue weighted by molar-refractivity contribution is -0.137. The highest BCUT2D eigenvalue weighted by molar-refractivity contribution is 6.31. The van der Waals surface area contributed by atoms with Gasteiger partial charge in [0.2, 0.25) is 0 Å². The van der Waals surface area contributed by atoms with Crippen LogP contribution in [0.1, 0.15) is 31.8 Å². The molecular weight excluding hydrogens is 541 g/mol. The van der Waals surface area contributed by atoms with Crippen LogP contribution in [0.4, 0.5) is 39.5 Å². The lowest BCUT2D eigenvalue weighted by Gasteiger charge is -2.16. The van der Waals surface area contributed by atoms with Crippen molar-refractivity contribution in [2.24, 2.45) is 0 Å². The Labute approximate surface area is 207 Å². The Morgan fingerprint density at radius 1 is 0.811 bits per heavy atom. The highest BCUT2D eigenvalue weighted by Gasteiger charge is 2.38. The van der Waals surface area contributed by atoms with Gasteiger partial charge in [0.1, 0.15) is 6.54 Å². The molecule has 0 bridgehead atoms. The fourth-order valence-corrected chi connectivity index (χ4v) is 3.67. The van der Waals surface area contributed by atoms with Crippen LogP contribution >= 0.6 is 11.6 Å². The number of rotatable bonds is 5. The van der Waals surface area contributed by atoms with E-state index in [0.717, 1.165) is 12.1 Å². The van der Waals surface area contributed by atoms with Crippen LogP contribution < -0.4 is 5.32 Å². The van der Waals surface area contributed by atoms with Crippen LogP contribution in [-0.2, 0) is 6.18 Å². The fourth-order valence-electron chi connectivity index (χ4n) is 3.43. The third kappa shape index (κ3) is 6.82. The molecule has 0 heterocycles. The summed E-state index contributed by atoms with van der Waals surface area (Å²) in [7, 11) is 0. The Morgan fingerprint density at radius 2 is 1.38 bits per heavy atom. The summed E-state index contributed by atoms with van der Waals surface area (Å²) in [6.45, 7) is -1.64. The molecular formula is C24H13ClF9NO2. The molecule has 196 valence electrons. The predicted octanol–water partition coefficient (Wildman–Crippen LogP) is 7.63. The minimum Gasteiger partial charge on any atom is -0.343 e. The quantitative estimate of drug-likeness (QED) is 0.201. The summed E-state index contributed by atoms with van der Waals surface area (Å²) < 4.78 is 118. The van der Waals surface area contributed by atoms with E-state index >= 15 is 0 Å². The summed E-state index contributed by atoms with van der Waals surface area (Å²) in [5.74, 6) is -2.42. The first-order valence-electron chi connectivity index (χ1n) is 10.1. The van der Waals surface area contributed by atoms with Gasteiger partial charge >= 0.3 is 18.5 Å². The van der Waals surface area contributed by atoms with E-state index in [1.165, 1.54) is 24.3 Å². The first-order chi connectivity index (χ1) is 17.0. The van der Waals surface area contributed by atoms with Gasteiger partial charge in [-0.1, -0.05) is 35.9 Å². The molecule has 1 N–H and O–H groups in total. The number of hydrogen-bond acceptors (Lipinski definition) is 2. The zero-order valence-corrected chi connectivity index (χ0v) is 18.8. The van der Waals surface area contributed by atoms with Crippen LogP contribution in [0.15, 0.2) is 60.7 Å². The Bertz CT molecular complexity index is 1390. The SMILES string of the molecule is O=C(/C=C(\c1cc(Cl)cc(C(F)(F)F)c1)C(F)(F)F)c1ccc(C(=O)NCC(F)(F)F)c2ccccc12. The molecule has 0 aliphatic heterocycles. The maximum absolute atomic E-state index is 13.8. The number of ketones is 1. The van der Waals surface area contributed by atoms with Crippen molar-refractivity contribution in [3.05, 3.63) is 87.9 Å². The van der Waals surface area contributed by atoms with Crippen molar-refractivity contribution in [2.45, 2.75) is 18.5 Å². The first-order valence-corrected chi connectivity index (χ1v) is 10.4. The standard InChI is InChI=1S/C24H13ClF9NO2/c25-14-8-12(7-13(9-14)23(29,30)31)19(24(32,33)34)10-20(36)17-5-6-18(16-4-2-1-3-15(16)17)21(37)35-11-22(26,27)28/h1-10H,11H2,(H,35,37)/b19-10+. The van der Waals surface area contributed by atoms with Gasteiger partial charge in [-0.05, 0) is 52.7 Å². The van der Waals surface area contributed by atoms with Gasteiger partial charge in [0, 0.05) is 16.1 Å². The number of allylic oxidation sites excluding steroid dienone is 2. The molecule has 13 heteroatoms. The van der Waals surface area contributed by atoms with Crippen molar-refractivity contribution in [1.82, 2.24) is 5.32 Å². The van der Waals surface area contributed by atoms with Crippen molar-refractivity contribution in [3.8, 4) is 0 Å². The highest BCUT2D eigenvalue weighted by Crippen LogP contribution is 2.39. The Kier molecular flexibility index (Phi) is 7.64. The molecule has 3 rings (SSSR count). The van der Waals surface area contributed by atoms with E-state index in [1.54, 1.807) is 5.32 Å². The van der Waals surface area contributed by atoms with Crippen molar-refractivity contribution >= 4 is 39.6 Å². The number of benzene rings is 3. The van der Waals surface area contributed by atoms with Gasteiger partial charge in [0.15, 0.2) is 5.78 Å². The van der Waals surface area contributed by atoms with Gasteiger partial charge in [-0.3, -0.25) is 9.59 Å². The average molecular weight is 554 g/mol. The summed E-state index contributed by atoms with van der Waals surface area (Å²) in [5, 5.41) is 0.922. The molecule has 37 heavy (non-hydrogen) atoms. The van der Waals surface area contributed by atoms with E-state index in [4.69, 9.17) is 11.6 Å². The molecule has 0 atom stereocenters. The largest absolute Gasteiger partial charge is 0.417 e. The van der Waals surface area contributed by atoms with Gasteiger partial charge < -0.3 is 5.32 Å². The Balaban J connectivity index is 2.11. The second-order valence-electron chi connectivity index (χ2n) is 7.65. The molecule has 0 aliphatic carbocycles. The van der Waals surface area contributed by atoms with E-state index in [-0.39, 0.29) is 34.0 Å². The number of halogens is 10. The molecule has 1 amide bonds. The zero-order chi connectivity index (χ0) is 27.8. The number of hydrogen-bond donors (Lipinski definition) is 1. The second-order valence-corrected chi connectivity index (χ2v) is 8.09. The smallest absolute Gasteiger partial charge is 0.343 e. The summed E-state index contributed by atoms with van der Waals surface area (Å²) >= 11 is 5.60. The minimum atomic E-state index is -5.27. The minimum absolute atomic E-state index is 0.0305. The lowest BCUT2D eigenvalue weighted by Crippen LogP contribution is -2.33. The molecule has 0 aromatic heterocycles. The average Bonchev–Trinajstić information content (AvgIpc) is 2.77. The monoisotopic (exact) mass is 553 g/mol. The van der Waals surface area contributed by atoms with Crippen LogP contribution in [0.5, 0.6) is 0 Å². The third-order valence-corrected chi connectivity index (χ3v) is 5.22. The molecule has 0 fully saturated rings. The van der Waals surface area contributed by atoms with E-state index < -0.39 is 58.5 Å². The van der Waals surface area contributed by atoms with E-state index in [1.807, 2.05) is 0 Å². The van der Waals surface area contributed by atoms with Gasteiger partial charge in [-0.15, -0.1) is 0 Å². The number of alkyl halides is 9. The highest BCUT2D eigenvalue weighted by atomic mass is 35.5. The Morgan fingerprint density at radius 3 is 1.92 bits per heavy atom. The maximum Gasteiger partial charge on any atom is 0.417 e. The molecule has 0 radical (unpaired) electrons. The summed E-state index contributed by atoms with van der Waals surface area (Å²) in [4.78, 5) is 25.2. The second kappa shape index (κ2) is 10.1. The zero-order valence-electron chi connectivity index (χ0n) is 18.1. The molecule has 0 spiro atoms. The van der Waals surface area contributed by atoms with Gasteiger partial charge in [-0.25, -0.2) is 0 Å². The van der Waals surface area contributed by atoms with Crippen LogP contribution in [0.2, 0.25) is 5.02 Å². The summed E-state index contributed by atoms with van der Waals surface area (Å²) in [6.07, 6.45) is -14.9. The van der Waals surface area contributed by atoms with Crippen LogP contribution in [-0.4, -0.2) is 30.6 Å². The number of amides is 1. The Hall–Kier alpha value is -3.54. The summed E-state index contributed by atoms with van der Waals surface area (Å²) in [5.41, 5.74) is -4.82. The van der Waals surface area contributed by atoms with Gasteiger partial charge in [0.25, 0.3) is 5.91 Å². The predicted molar refractivity (Wildman–Crippen MR) is 117 cm³/mol. The van der Waals surface area contributed by atoms with Crippen molar-refractivity contribution < 1.29 is 49.1 Å². The van der Waals surface area contributed by atoms with Crippen molar-refractivity contribution in [1.29, 1.82) is 0 Å². The molecule has 0 aliphatic rings. The number of fused-ring (bicyclic) bond motifs is 1.